The molecule has 2 aromatic carbocycles. The zero-order valence-corrected chi connectivity index (χ0v) is 18.4. The van der Waals surface area contributed by atoms with E-state index >= 15 is 0 Å². The van der Waals surface area contributed by atoms with Gasteiger partial charge in [0.2, 0.25) is 0 Å². The highest BCUT2D eigenvalue weighted by Crippen LogP contribution is 2.36. The highest BCUT2D eigenvalue weighted by Gasteiger charge is 2.23. The molecule has 0 aliphatic heterocycles. The lowest BCUT2D eigenvalue weighted by Gasteiger charge is -2.32. The molecular formula is C25H35NO3. The van der Waals surface area contributed by atoms with Crippen molar-refractivity contribution in [2.75, 3.05) is 6.54 Å². The van der Waals surface area contributed by atoms with Crippen LogP contribution in [0.4, 0.5) is 0 Å². The third-order valence-corrected chi connectivity index (χ3v) is 5.35. The second kappa shape index (κ2) is 11.1. The number of carbonyl (C=O) groups excluding carboxylic acids is 1. The van der Waals surface area contributed by atoms with Crippen molar-refractivity contribution in [3.8, 4) is 5.75 Å². The van der Waals surface area contributed by atoms with Crippen LogP contribution in [0.3, 0.4) is 0 Å². The molecule has 1 N–H and O–H groups in total. The minimum absolute atomic E-state index is 0.0410. The fourth-order valence-electron chi connectivity index (χ4n) is 3.83. The van der Waals surface area contributed by atoms with Crippen molar-refractivity contribution < 1.29 is 14.6 Å². The van der Waals surface area contributed by atoms with Gasteiger partial charge in [-0.1, -0.05) is 43.3 Å². The molecule has 0 amide bonds. The number of benzene rings is 2. The summed E-state index contributed by atoms with van der Waals surface area (Å²) in [6.07, 6.45) is 1.22. The number of nitrogens with zero attached hydrogens (tertiary/aromatic N) is 1. The standard InChI is InChI=1S/C25H35NO3/c1-6-25(28)29-24-13-12-20(17-27)16-23(24)22(21-10-8-7-9-11-21)14-15-26(18(2)3)19(4)5/h7-13,16,18-19,22,27H,6,14-15,17H2,1-5H3/t22-/m0/s1. The van der Waals surface area contributed by atoms with Crippen LogP contribution < -0.4 is 4.74 Å². The molecule has 2 rings (SSSR count). The maximum Gasteiger partial charge on any atom is 0.310 e. The van der Waals surface area contributed by atoms with Gasteiger partial charge < -0.3 is 9.84 Å². The van der Waals surface area contributed by atoms with Gasteiger partial charge in [-0.05, 0) is 63.9 Å². The highest BCUT2D eigenvalue weighted by atomic mass is 16.5. The molecule has 0 aromatic heterocycles. The van der Waals surface area contributed by atoms with Crippen LogP contribution in [0.15, 0.2) is 48.5 Å². The zero-order valence-electron chi connectivity index (χ0n) is 18.4. The number of ether oxygens (including phenoxy) is 1. The van der Waals surface area contributed by atoms with Crippen LogP contribution in [0.5, 0.6) is 5.75 Å². The van der Waals surface area contributed by atoms with Crippen molar-refractivity contribution in [2.45, 2.75) is 72.1 Å². The molecular weight excluding hydrogens is 362 g/mol. The summed E-state index contributed by atoms with van der Waals surface area (Å²) >= 11 is 0. The molecule has 2 aromatic rings. The molecule has 29 heavy (non-hydrogen) atoms. The van der Waals surface area contributed by atoms with E-state index in [0.717, 1.165) is 24.1 Å². The predicted molar refractivity (Wildman–Crippen MR) is 118 cm³/mol. The molecule has 0 radical (unpaired) electrons. The van der Waals surface area contributed by atoms with Crippen LogP contribution in [0.1, 0.15) is 70.1 Å². The second-order valence-electron chi connectivity index (χ2n) is 8.04. The SMILES string of the molecule is CCC(=O)Oc1ccc(CO)cc1[C@@H](CCN(C(C)C)C(C)C)c1ccccc1. The molecule has 0 aliphatic carbocycles. The van der Waals surface area contributed by atoms with E-state index in [1.165, 1.54) is 5.56 Å². The highest BCUT2D eigenvalue weighted by molar-refractivity contribution is 5.72. The van der Waals surface area contributed by atoms with Crippen molar-refractivity contribution >= 4 is 5.97 Å². The number of aliphatic hydroxyl groups excluding tert-OH is 1. The van der Waals surface area contributed by atoms with Gasteiger partial charge in [0.1, 0.15) is 5.75 Å². The number of esters is 1. The van der Waals surface area contributed by atoms with Gasteiger partial charge >= 0.3 is 5.97 Å². The van der Waals surface area contributed by atoms with Crippen LogP contribution in [0.2, 0.25) is 0 Å². The first-order valence-electron chi connectivity index (χ1n) is 10.6. The molecule has 4 nitrogen and oxygen atoms in total. The van der Waals surface area contributed by atoms with E-state index in [4.69, 9.17) is 4.74 Å². The summed E-state index contributed by atoms with van der Waals surface area (Å²) in [6, 6.07) is 16.8. The lowest BCUT2D eigenvalue weighted by atomic mass is 9.86. The van der Waals surface area contributed by atoms with Crippen LogP contribution in [-0.2, 0) is 11.4 Å². The number of carbonyl (C=O) groups is 1. The van der Waals surface area contributed by atoms with Crippen molar-refractivity contribution in [1.82, 2.24) is 4.90 Å². The van der Waals surface area contributed by atoms with Crippen LogP contribution in [-0.4, -0.2) is 34.6 Å². The molecule has 0 saturated carbocycles. The molecule has 0 saturated heterocycles. The van der Waals surface area contributed by atoms with Crippen molar-refractivity contribution in [1.29, 1.82) is 0 Å². The summed E-state index contributed by atoms with van der Waals surface area (Å²) in [5.41, 5.74) is 2.96. The zero-order chi connectivity index (χ0) is 21.4. The lowest BCUT2D eigenvalue weighted by molar-refractivity contribution is -0.134. The van der Waals surface area contributed by atoms with Gasteiger partial charge in [-0.2, -0.15) is 0 Å². The minimum Gasteiger partial charge on any atom is -0.426 e. The van der Waals surface area contributed by atoms with E-state index in [1.807, 2.05) is 36.4 Å². The lowest BCUT2D eigenvalue weighted by Crippen LogP contribution is -2.38. The van der Waals surface area contributed by atoms with E-state index in [2.05, 4.69) is 44.7 Å². The van der Waals surface area contributed by atoms with Gasteiger partial charge in [-0.15, -0.1) is 0 Å². The molecule has 0 aliphatic rings. The molecule has 0 spiro atoms. The van der Waals surface area contributed by atoms with Gasteiger partial charge in [-0.3, -0.25) is 9.69 Å². The summed E-state index contributed by atoms with van der Waals surface area (Å²) < 4.78 is 5.66. The van der Waals surface area contributed by atoms with Gasteiger partial charge in [0.15, 0.2) is 0 Å². The molecule has 0 heterocycles. The maximum atomic E-state index is 12.0. The summed E-state index contributed by atoms with van der Waals surface area (Å²) in [5.74, 6) is 0.409. The Morgan fingerprint density at radius 2 is 1.69 bits per heavy atom. The topological polar surface area (TPSA) is 49.8 Å². The van der Waals surface area contributed by atoms with E-state index in [9.17, 15) is 9.90 Å². The number of hydrogen-bond acceptors (Lipinski definition) is 4. The summed E-state index contributed by atoms with van der Waals surface area (Å²) in [5, 5.41) is 9.68. The minimum atomic E-state index is -0.249. The van der Waals surface area contributed by atoms with E-state index in [-0.39, 0.29) is 18.5 Å². The fraction of sp³-hybridized carbons (Fsp3) is 0.480. The predicted octanol–water partition coefficient (Wildman–Crippen LogP) is 5.14. The van der Waals surface area contributed by atoms with Crippen molar-refractivity contribution in [2.24, 2.45) is 0 Å². The average Bonchev–Trinajstić information content (AvgIpc) is 2.71. The third-order valence-electron chi connectivity index (χ3n) is 5.35. The number of rotatable bonds is 10. The van der Waals surface area contributed by atoms with Crippen LogP contribution >= 0.6 is 0 Å². The van der Waals surface area contributed by atoms with Gasteiger partial charge in [0.25, 0.3) is 0 Å². The molecule has 0 bridgehead atoms. The maximum absolute atomic E-state index is 12.0. The summed E-state index contributed by atoms with van der Waals surface area (Å²) in [7, 11) is 0. The smallest absolute Gasteiger partial charge is 0.310 e. The van der Waals surface area contributed by atoms with E-state index < -0.39 is 0 Å². The summed E-state index contributed by atoms with van der Waals surface area (Å²) in [4.78, 5) is 14.5. The van der Waals surface area contributed by atoms with Crippen LogP contribution in [0.25, 0.3) is 0 Å². The Labute approximate surface area is 175 Å². The fourth-order valence-corrected chi connectivity index (χ4v) is 3.83. The number of hydrogen-bond donors (Lipinski definition) is 1. The van der Waals surface area contributed by atoms with Crippen molar-refractivity contribution in [3.05, 3.63) is 65.2 Å². The first-order chi connectivity index (χ1) is 13.9. The Balaban J connectivity index is 2.46. The molecule has 158 valence electrons. The monoisotopic (exact) mass is 397 g/mol. The van der Waals surface area contributed by atoms with E-state index in [0.29, 0.717) is 24.3 Å². The normalized spacial score (nSPS) is 12.6. The average molecular weight is 398 g/mol. The van der Waals surface area contributed by atoms with Crippen LogP contribution in [0, 0.1) is 0 Å². The van der Waals surface area contributed by atoms with Crippen molar-refractivity contribution in [3.63, 3.8) is 0 Å². The Morgan fingerprint density at radius 1 is 1.03 bits per heavy atom. The van der Waals surface area contributed by atoms with E-state index in [1.54, 1.807) is 6.92 Å². The summed E-state index contributed by atoms with van der Waals surface area (Å²) in [6.45, 7) is 11.6. The Kier molecular flexibility index (Phi) is 8.87. The second-order valence-corrected chi connectivity index (χ2v) is 8.04. The number of aliphatic hydroxyl groups is 1. The Morgan fingerprint density at radius 3 is 2.24 bits per heavy atom. The van der Waals surface area contributed by atoms with Gasteiger partial charge in [0, 0.05) is 30.0 Å². The van der Waals surface area contributed by atoms with Gasteiger partial charge in [-0.25, -0.2) is 0 Å². The molecule has 1 atom stereocenters. The molecule has 0 fully saturated rings. The largest absolute Gasteiger partial charge is 0.426 e. The Bertz CT molecular complexity index is 763. The van der Waals surface area contributed by atoms with Gasteiger partial charge in [0.05, 0.1) is 6.61 Å². The molecule has 0 unspecified atom stereocenters. The first kappa shape index (κ1) is 23.1. The third kappa shape index (κ3) is 6.41. The Hall–Kier alpha value is -2.17. The first-order valence-corrected chi connectivity index (χ1v) is 10.6. The molecule has 4 heteroatoms. The quantitative estimate of drug-likeness (QED) is 0.446.